The van der Waals surface area contributed by atoms with Gasteiger partial charge in [-0.25, -0.2) is 4.79 Å². The van der Waals surface area contributed by atoms with Gasteiger partial charge in [0.05, 0.1) is 6.04 Å². The Morgan fingerprint density at radius 1 is 1.37 bits per heavy atom. The van der Waals surface area contributed by atoms with E-state index in [9.17, 15) is 14.7 Å². The first-order valence-electron chi connectivity index (χ1n) is 9.02. The maximum atomic E-state index is 12.6. The van der Waals surface area contributed by atoms with Crippen molar-refractivity contribution >= 4 is 12.1 Å². The number of rotatable bonds is 6. The summed E-state index contributed by atoms with van der Waals surface area (Å²) in [5.74, 6) is -0.800. The van der Waals surface area contributed by atoms with E-state index < -0.39 is 11.6 Å². The van der Waals surface area contributed by atoms with Crippen LogP contribution in [0, 0.1) is 5.92 Å². The molecule has 1 aliphatic rings. The number of hydrogen-bond acceptors (Lipinski definition) is 5. The van der Waals surface area contributed by atoms with Crippen molar-refractivity contribution in [2.45, 2.75) is 58.1 Å². The van der Waals surface area contributed by atoms with Gasteiger partial charge in [-0.1, -0.05) is 18.2 Å². The number of likely N-dealkylation sites (tertiary alicyclic amines) is 1. The average molecular weight is 382 g/mol. The topological polar surface area (TPSA) is 82.6 Å². The van der Waals surface area contributed by atoms with Gasteiger partial charge in [-0.3, -0.25) is 4.98 Å². The molecule has 1 fully saturated rings. The van der Waals surface area contributed by atoms with Gasteiger partial charge in [-0.15, -0.1) is 0 Å². The number of carboxylic acid groups (broad SMARTS) is 1. The number of allylic oxidation sites excluding steroid dienone is 2. The molecule has 0 aliphatic carbocycles. The molecule has 1 amide bonds. The molecule has 27 heavy (non-hydrogen) atoms. The normalized spacial score (nSPS) is 19.7. The number of carbonyl (C=O) groups is 2. The van der Waals surface area contributed by atoms with Gasteiger partial charge < -0.3 is 19.5 Å². The second-order valence-electron chi connectivity index (χ2n) is 7.57. The third-order valence-corrected chi connectivity index (χ3v) is 4.30. The summed E-state index contributed by atoms with van der Waals surface area (Å²) in [7, 11) is 0. The summed E-state index contributed by atoms with van der Waals surface area (Å²) in [6.45, 7) is 6.21. The van der Waals surface area contributed by atoms with Crippen LogP contribution in [0.5, 0.6) is 0 Å². The number of carbonyl (C=O) groups excluding carboxylic acids is 2. The Balaban J connectivity index is 0.00000364. The van der Waals surface area contributed by atoms with Gasteiger partial charge in [0.2, 0.25) is 0 Å². The minimum absolute atomic E-state index is 0. The molecule has 2 heterocycles. The summed E-state index contributed by atoms with van der Waals surface area (Å²) in [6, 6.07) is 3.75. The number of carboxylic acids is 1. The predicted octanol–water partition coefficient (Wildman–Crippen LogP) is -0.140. The van der Waals surface area contributed by atoms with Crippen LogP contribution in [0.2, 0.25) is 0 Å². The Bertz CT molecular complexity index is 643. The molecule has 1 saturated heterocycles. The predicted molar refractivity (Wildman–Crippen MR) is 96.0 cm³/mol. The van der Waals surface area contributed by atoms with Crippen molar-refractivity contribution in [3.8, 4) is 0 Å². The SMILES string of the molecule is CC(C)(C)OC(=O)N1CC[C@H](C/C=C\CCC(=O)[O-])[C@@H]1c1cccnc1.[Na+]. The van der Waals surface area contributed by atoms with E-state index in [1.54, 1.807) is 17.3 Å². The summed E-state index contributed by atoms with van der Waals surface area (Å²) in [5.41, 5.74) is 0.448. The molecule has 142 valence electrons. The summed E-state index contributed by atoms with van der Waals surface area (Å²) < 4.78 is 5.57. The van der Waals surface area contributed by atoms with Crippen molar-refractivity contribution in [1.82, 2.24) is 9.88 Å². The number of aliphatic carboxylic acids is 1. The molecule has 1 aliphatic heterocycles. The van der Waals surface area contributed by atoms with Crippen LogP contribution >= 0.6 is 0 Å². The van der Waals surface area contributed by atoms with Crippen molar-refractivity contribution in [2.24, 2.45) is 5.92 Å². The van der Waals surface area contributed by atoms with Crippen LogP contribution in [0.3, 0.4) is 0 Å². The minimum atomic E-state index is -1.04. The molecule has 0 aromatic carbocycles. The van der Waals surface area contributed by atoms with E-state index in [2.05, 4.69) is 4.98 Å². The van der Waals surface area contributed by atoms with Crippen LogP contribution in [-0.4, -0.2) is 34.1 Å². The van der Waals surface area contributed by atoms with Crippen LogP contribution in [0.4, 0.5) is 4.79 Å². The fourth-order valence-electron chi connectivity index (χ4n) is 3.22. The van der Waals surface area contributed by atoms with Crippen molar-refractivity contribution in [3.63, 3.8) is 0 Å². The molecule has 0 radical (unpaired) electrons. The van der Waals surface area contributed by atoms with Gasteiger partial charge in [-0.2, -0.15) is 0 Å². The van der Waals surface area contributed by atoms with Gasteiger partial charge in [0.25, 0.3) is 0 Å². The van der Waals surface area contributed by atoms with Gasteiger partial charge in [-0.05, 0) is 64.0 Å². The maximum absolute atomic E-state index is 12.6. The summed E-state index contributed by atoms with van der Waals surface area (Å²) in [4.78, 5) is 29.1. The first-order chi connectivity index (χ1) is 12.3. The van der Waals surface area contributed by atoms with Crippen molar-refractivity contribution in [3.05, 3.63) is 42.2 Å². The molecule has 0 bridgehead atoms. The van der Waals surface area contributed by atoms with Crippen LogP contribution < -0.4 is 34.7 Å². The molecule has 6 nitrogen and oxygen atoms in total. The number of nitrogens with zero attached hydrogens (tertiary/aromatic N) is 2. The number of aromatic nitrogens is 1. The Hall–Kier alpha value is -1.37. The number of amides is 1. The number of ether oxygens (including phenoxy) is 1. The first kappa shape index (κ1) is 23.7. The van der Waals surface area contributed by atoms with E-state index in [0.29, 0.717) is 13.0 Å². The zero-order valence-corrected chi connectivity index (χ0v) is 18.7. The molecular formula is C20H27N2NaO4. The molecule has 2 rings (SSSR count). The summed E-state index contributed by atoms with van der Waals surface area (Å²) in [5, 5.41) is 10.5. The van der Waals surface area contributed by atoms with Crippen LogP contribution in [-0.2, 0) is 9.53 Å². The zero-order chi connectivity index (χ0) is 19.2. The molecule has 0 unspecified atom stereocenters. The zero-order valence-electron chi connectivity index (χ0n) is 16.7. The quantitative estimate of drug-likeness (QED) is 0.505. The molecule has 0 N–H and O–H groups in total. The monoisotopic (exact) mass is 382 g/mol. The van der Waals surface area contributed by atoms with Crippen molar-refractivity contribution < 1.29 is 49.0 Å². The van der Waals surface area contributed by atoms with Gasteiger partial charge in [0, 0.05) is 24.9 Å². The third kappa shape index (κ3) is 7.64. The third-order valence-electron chi connectivity index (χ3n) is 4.30. The fraction of sp³-hybridized carbons (Fsp3) is 0.550. The van der Waals surface area contributed by atoms with E-state index >= 15 is 0 Å². The molecule has 1 aromatic heterocycles. The van der Waals surface area contributed by atoms with E-state index in [-0.39, 0.29) is 54.0 Å². The second kappa shape index (κ2) is 10.8. The van der Waals surface area contributed by atoms with Crippen LogP contribution in [0.25, 0.3) is 0 Å². The molecule has 1 aromatic rings. The summed E-state index contributed by atoms with van der Waals surface area (Å²) >= 11 is 0. The molecule has 7 heteroatoms. The van der Waals surface area contributed by atoms with Gasteiger partial charge in [0.1, 0.15) is 5.60 Å². The molecule has 2 atom stereocenters. The Labute approximate surface area is 183 Å². The van der Waals surface area contributed by atoms with Crippen molar-refractivity contribution in [2.75, 3.05) is 6.54 Å². The van der Waals surface area contributed by atoms with E-state index in [1.807, 2.05) is 45.1 Å². The van der Waals surface area contributed by atoms with E-state index in [4.69, 9.17) is 4.74 Å². The Kier molecular flexibility index (Phi) is 9.50. The Morgan fingerprint density at radius 2 is 2.11 bits per heavy atom. The number of hydrogen-bond donors (Lipinski definition) is 0. The van der Waals surface area contributed by atoms with E-state index in [0.717, 1.165) is 18.4 Å². The Morgan fingerprint density at radius 3 is 2.70 bits per heavy atom. The second-order valence-corrected chi connectivity index (χ2v) is 7.57. The number of pyridine rings is 1. The molecule has 0 spiro atoms. The molecule has 0 saturated carbocycles. The fourth-order valence-corrected chi connectivity index (χ4v) is 3.22. The summed E-state index contributed by atoms with van der Waals surface area (Å²) in [6.07, 6.45) is 9.18. The first-order valence-corrected chi connectivity index (χ1v) is 9.02. The standard InChI is InChI=1S/C20H28N2O4.Na/c1-20(2,3)26-19(25)22-13-11-15(8-5-4-6-10-17(23)24)18(22)16-9-7-12-21-14-16;/h4-5,7,9,12,14-15,18H,6,8,10-11,13H2,1-3H3,(H,23,24);/q;+1/p-1/b5-4-;/t15-,18+;/m0./s1. The van der Waals surface area contributed by atoms with Gasteiger partial charge in [0.15, 0.2) is 0 Å². The minimum Gasteiger partial charge on any atom is -0.550 e. The van der Waals surface area contributed by atoms with Crippen LogP contribution in [0.1, 0.15) is 58.1 Å². The van der Waals surface area contributed by atoms with Crippen molar-refractivity contribution in [1.29, 1.82) is 0 Å². The average Bonchev–Trinajstić information content (AvgIpc) is 2.97. The molecular weight excluding hydrogens is 355 g/mol. The smallest absolute Gasteiger partial charge is 0.550 e. The maximum Gasteiger partial charge on any atom is 1.00 e. The van der Waals surface area contributed by atoms with E-state index in [1.165, 1.54) is 0 Å². The largest absolute Gasteiger partial charge is 1.00 e. The van der Waals surface area contributed by atoms with Gasteiger partial charge >= 0.3 is 35.7 Å². The van der Waals surface area contributed by atoms with Crippen LogP contribution in [0.15, 0.2) is 36.7 Å².